The predicted molar refractivity (Wildman–Crippen MR) is 80.3 cm³/mol. The quantitative estimate of drug-likeness (QED) is 0.665. The lowest BCUT2D eigenvalue weighted by molar-refractivity contribution is -0.122. The van der Waals surface area contributed by atoms with E-state index in [1.165, 1.54) is 11.3 Å². The van der Waals surface area contributed by atoms with E-state index in [1.54, 1.807) is 17.5 Å². The van der Waals surface area contributed by atoms with Gasteiger partial charge >= 0.3 is 0 Å². The van der Waals surface area contributed by atoms with Crippen molar-refractivity contribution in [1.82, 2.24) is 15.8 Å². The van der Waals surface area contributed by atoms with E-state index in [1.807, 2.05) is 25.8 Å². The van der Waals surface area contributed by atoms with Crippen LogP contribution in [0.25, 0.3) is 0 Å². The first-order valence-corrected chi connectivity index (χ1v) is 7.23. The smallest absolute Gasteiger partial charge is 0.279 e. The fourth-order valence-electron chi connectivity index (χ4n) is 1.73. The van der Waals surface area contributed by atoms with Crippen LogP contribution in [0.5, 0.6) is 0 Å². The Labute approximate surface area is 123 Å². The Balaban J connectivity index is 2.31. The zero-order valence-electron chi connectivity index (χ0n) is 12.1. The first kappa shape index (κ1) is 16.6. The van der Waals surface area contributed by atoms with E-state index in [0.29, 0.717) is 18.0 Å². The number of nitrogens with two attached hydrogens (primary N) is 1. The molecule has 0 spiro atoms. The Morgan fingerprint density at radius 3 is 2.65 bits per heavy atom. The van der Waals surface area contributed by atoms with Crippen LogP contribution in [0, 0.1) is 5.41 Å². The van der Waals surface area contributed by atoms with Crippen molar-refractivity contribution >= 4 is 23.2 Å². The molecule has 0 aromatic carbocycles. The summed E-state index contributed by atoms with van der Waals surface area (Å²) in [7, 11) is 1.85. The molecule has 0 bridgehead atoms. The van der Waals surface area contributed by atoms with Crippen molar-refractivity contribution in [3.8, 4) is 0 Å². The van der Waals surface area contributed by atoms with Gasteiger partial charge in [0.1, 0.15) is 0 Å². The van der Waals surface area contributed by atoms with E-state index in [0.717, 1.165) is 0 Å². The summed E-state index contributed by atoms with van der Waals surface area (Å²) < 4.78 is 0. The molecule has 4 N–H and O–H groups in total. The van der Waals surface area contributed by atoms with Crippen molar-refractivity contribution < 1.29 is 9.59 Å². The van der Waals surface area contributed by atoms with Gasteiger partial charge in [0.2, 0.25) is 0 Å². The molecule has 0 radical (unpaired) electrons. The molecular weight excluding hydrogens is 276 g/mol. The average Bonchev–Trinajstić information content (AvgIpc) is 2.89. The fourth-order valence-corrected chi connectivity index (χ4v) is 2.35. The second kappa shape index (κ2) is 7.37. The van der Waals surface area contributed by atoms with Crippen molar-refractivity contribution in [2.75, 3.05) is 26.7 Å². The second-order valence-corrected chi connectivity index (χ2v) is 6.47. The highest BCUT2D eigenvalue weighted by atomic mass is 32.1. The number of hydrogen-bond donors (Lipinski definition) is 3. The van der Waals surface area contributed by atoms with Crippen LogP contribution in [0.15, 0.2) is 17.5 Å². The molecule has 0 saturated heterocycles. The highest BCUT2D eigenvalue weighted by molar-refractivity contribution is 7.12. The Bertz CT molecular complexity index is 445. The van der Waals surface area contributed by atoms with Crippen LogP contribution in [0.1, 0.15) is 23.5 Å². The van der Waals surface area contributed by atoms with Gasteiger partial charge in [0.25, 0.3) is 11.8 Å². The first-order chi connectivity index (χ1) is 9.34. The lowest BCUT2D eigenvalue weighted by atomic mass is 9.93. The van der Waals surface area contributed by atoms with Crippen LogP contribution in [0.2, 0.25) is 0 Å². The number of thiophene rings is 1. The van der Waals surface area contributed by atoms with Crippen molar-refractivity contribution in [2.24, 2.45) is 11.1 Å². The summed E-state index contributed by atoms with van der Waals surface area (Å²) in [5, 5.41) is 1.80. The fraction of sp³-hybridized carbons (Fsp3) is 0.538. The van der Waals surface area contributed by atoms with E-state index in [9.17, 15) is 9.59 Å². The summed E-state index contributed by atoms with van der Waals surface area (Å²) in [5.41, 5.74) is 10.4. The molecular formula is C13H22N4O2S. The topological polar surface area (TPSA) is 87.5 Å². The molecule has 0 aliphatic carbocycles. The van der Waals surface area contributed by atoms with E-state index < -0.39 is 0 Å². The number of amides is 2. The normalized spacial score (nSPS) is 11.4. The molecule has 0 aliphatic rings. The number of nitrogens with one attached hydrogen (secondary N) is 2. The molecule has 1 aromatic heterocycles. The second-order valence-electron chi connectivity index (χ2n) is 5.52. The molecule has 1 rings (SSSR count). The molecule has 0 aliphatic heterocycles. The van der Waals surface area contributed by atoms with Gasteiger partial charge in [-0.3, -0.25) is 25.3 Å². The van der Waals surface area contributed by atoms with Gasteiger partial charge in [0, 0.05) is 6.54 Å². The van der Waals surface area contributed by atoms with E-state index in [4.69, 9.17) is 5.73 Å². The largest absolute Gasteiger partial charge is 0.330 e. The Morgan fingerprint density at radius 2 is 2.10 bits per heavy atom. The van der Waals surface area contributed by atoms with Gasteiger partial charge in [-0.2, -0.15) is 0 Å². The molecule has 0 atom stereocenters. The van der Waals surface area contributed by atoms with Crippen LogP contribution in [0.4, 0.5) is 0 Å². The molecule has 6 nitrogen and oxygen atoms in total. The van der Waals surface area contributed by atoms with Crippen LogP contribution in [-0.2, 0) is 4.79 Å². The minimum absolute atomic E-state index is 0.0464. The maximum atomic E-state index is 11.7. The molecule has 0 unspecified atom stereocenters. The van der Waals surface area contributed by atoms with Crippen molar-refractivity contribution in [3.05, 3.63) is 22.4 Å². The molecule has 0 saturated carbocycles. The third-order valence-corrected chi connectivity index (χ3v) is 3.59. The first-order valence-electron chi connectivity index (χ1n) is 6.35. The predicted octanol–water partition coefficient (Wildman–Crippen LogP) is 0.426. The summed E-state index contributed by atoms with van der Waals surface area (Å²) in [6.07, 6.45) is 0. The van der Waals surface area contributed by atoms with Gasteiger partial charge in [0.15, 0.2) is 0 Å². The lowest BCUT2D eigenvalue weighted by Gasteiger charge is -2.28. The zero-order chi connectivity index (χ0) is 15.2. The van der Waals surface area contributed by atoms with Crippen molar-refractivity contribution in [1.29, 1.82) is 0 Å². The summed E-state index contributed by atoms with van der Waals surface area (Å²) in [6.45, 7) is 5.54. The Hall–Kier alpha value is -1.44. The monoisotopic (exact) mass is 298 g/mol. The zero-order valence-corrected chi connectivity index (χ0v) is 12.9. The molecule has 20 heavy (non-hydrogen) atoms. The number of hydrogen-bond acceptors (Lipinski definition) is 5. The highest BCUT2D eigenvalue weighted by Gasteiger charge is 2.19. The molecule has 112 valence electrons. The van der Waals surface area contributed by atoms with E-state index >= 15 is 0 Å². The molecule has 2 amide bonds. The maximum Gasteiger partial charge on any atom is 0.279 e. The summed E-state index contributed by atoms with van der Waals surface area (Å²) in [5.74, 6) is -0.566. The standard InChI is InChI=1S/C13H22N4O2S/c1-13(2,8-14)9-17(3)7-11(18)15-16-12(19)10-5-4-6-20-10/h4-6H,7-9,14H2,1-3H3,(H,15,18)(H,16,19). The third-order valence-electron chi connectivity index (χ3n) is 2.72. The number of rotatable bonds is 6. The van der Waals surface area contributed by atoms with Gasteiger partial charge in [-0.1, -0.05) is 19.9 Å². The van der Waals surface area contributed by atoms with E-state index in [2.05, 4.69) is 10.9 Å². The summed E-state index contributed by atoms with van der Waals surface area (Å²) in [6, 6.07) is 3.48. The van der Waals surface area contributed by atoms with Crippen LogP contribution >= 0.6 is 11.3 Å². The SMILES string of the molecule is CN(CC(=O)NNC(=O)c1cccs1)CC(C)(C)CN. The summed E-state index contributed by atoms with van der Waals surface area (Å²) in [4.78, 5) is 25.8. The number of carbonyl (C=O) groups is 2. The van der Waals surface area contributed by atoms with Crippen molar-refractivity contribution in [2.45, 2.75) is 13.8 Å². The Morgan fingerprint density at radius 1 is 1.40 bits per heavy atom. The molecule has 0 fully saturated rings. The average molecular weight is 298 g/mol. The number of hydrazine groups is 1. The molecule has 1 heterocycles. The highest BCUT2D eigenvalue weighted by Crippen LogP contribution is 2.13. The van der Waals surface area contributed by atoms with Crippen molar-refractivity contribution in [3.63, 3.8) is 0 Å². The number of carbonyl (C=O) groups excluding carboxylic acids is 2. The van der Waals surface area contributed by atoms with Gasteiger partial charge in [-0.15, -0.1) is 11.3 Å². The van der Waals surface area contributed by atoms with E-state index in [-0.39, 0.29) is 23.8 Å². The van der Waals surface area contributed by atoms with Crippen LogP contribution in [0.3, 0.4) is 0 Å². The number of nitrogens with zero attached hydrogens (tertiary/aromatic N) is 1. The maximum absolute atomic E-state index is 11.7. The minimum atomic E-state index is -0.307. The lowest BCUT2D eigenvalue weighted by Crippen LogP contribution is -2.47. The van der Waals surface area contributed by atoms with Gasteiger partial charge in [-0.25, -0.2) is 0 Å². The van der Waals surface area contributed by atoms with Gasteiger partial charge in [0.05, 0.1) is 11.4 Å². The Kier molecular flexibility index (Phi) is 6.12. The van der Waals surface area contributed by atoms with Gasteiger partial charge in [-0.05, 0) is 30.5 Å². The van der Waals surface area contributed by atoms with Gasteiger partial charge < -0.3 is 5.73 Å². The molecule has 7 heteroatoms. The number of likely N-dealkylation sites (N-methyl/N-ethyl adjacent to an activating group) is 1. The summed E-state index contributed by atoms with van der Waals surface area (Å²) >= 11 is 1.32. The van der Waals surface area contributed by atoms with Crippen LogP contribution in [-0.4, -0.2) is 43.4 Å². The van der Waals surface area contributed by atoms with Crippen LogP contribution < -0.4 is 16.6 Å². The molecule has 1 aromatic rings. The minimum Gasteiger partial charge on any atom is -0.330 e. The third kappa shape index (κ3) is 5.68.